The second-order valence-electron chi connectivity index (χ2n) is 5.77. The molecule has 1 heterocycles. The number of hydrogen-bond acceptors (Lipinski definition) is 4. The lowest BCUT2D eigenvalue weighted by atomic mass is 10.1. The molecule has 0 aliphatic heterocycles. The number of carbonyl (C=O) groups is 1. The molecule has 0 spiro atoms. The number of nitrogens with zero attached hydrogens (tertiary/aromatic N) is 1. The summed E-state index contributed by atoms with van der Waals surface area (Å²) in [6.45, 7) is 3.23. The zero-order valence-electron chi connectivity index (χ0n) is 15.9. The number of guanidine groups is 1. The van der Waals surface area contributed by atoms with Crippen LogP contribution in [0.15, 0.2) is 46.0 Å². The van der Waals surface area contributed by atoms with Crippen LogP contribution in [-0.4, -0.2) is 39.1 Å². The lowest BCUT2D eigenvalue weighted by Gasteiger charge is -2.13. The van der Waals surface area contributed by atoms with Gasteiger partial charge in [0.05, 0.1) is 26.5 Å². The van der Waals surface area contributed by atoms with E-state index in [4.69, 9.17) is 9.15 Å². The van der Waals surface area contributed by atoms with Crippen LogP contribution in [0.25, 0.3) is 0 Å². The zero-order chi connectivity index (χ0) is 18.8. The standard InChI is InChI=1S/C19H26N4O3.HI/c1-14-6-7-17(25-3)15(11-14)8-9-21-19(20-2)23-13-18(24)22-12-16-5-4-10-26-16;/h4-7,10-11H,8-9,12-13H2,1-3H3,(H,22,24)(H2,20,21,23);1H. The van der Waals surface area contributed by atoms with Crippen LogP contribution >= 0.6 is 24.0 Å². The molecule has 3 N–H and O–H groups in total. The van der Waals surface area contributed by atoms with E-state index in [1.165, 1.54) is 5.56 Å². The van der Waals surface area contributed by atoms with Crippen molar-refractivity contribution >= 4 is 35.8 Å². The number of halogens is 1. The molecule has 0 saturated heterocycles. The average molecular weight is 486 g/mol. The van der Waals surface area contributed by atoms with Gasteiger partial charge in [0.15, 0.2) is 5.96 Å². The van der Waals surface area contributed by atoms with Gasteiger partial charge in [-0.1, -0.05) is 17.7 Å². The molecule has 2 aromatic rings. The Kier molecular flexibility index (Phi) is 10.3. The predicted molar refractivity (Wildman–Crippen MR) is 117 cm³/mol. The van der Waals surface area contributed by atoms with E-state index < -0.39 is 0 Å². The second-order valence-corrected chi connectivity index (χ2v) is 5.77. The van der Waals surface area contributed by atoms with E-state index in [9.17, 15) is 4.79 Å². The van der Waals surface area contributed by atoms with Crippen molar-refractivity contribution in [1.82, 2.24) is 16.0 Å². The lowest BCUT2D eigenvalue weighted by molar-refractivity contribution is -0.120. The van der Waals surface area contributed by atoms with E-state index >= 15 is 0 Å². The molecular weight excluding hydrogens is 459 g/mol. The number of nitrogens with one attached hydrogen (secondary N) is 3. The maximum Gasteiger partial charge on any atom is 0.239 e. The number of amides is 1. The number of aliphatic imine (C=N–C) groups is 1. The van der Waals surface area contributed by atoms with Crippen molar-refractivity contribution in [2.24, 2.45) is 4.99 Å². The summed E-state index contributed by atoms with van der Waals surface area (Å²) in [4.78, 5) is 16.0. The fourth-order valence-electron chi connectivity index (χ4n) is 2.46. The molecule has 0 saturated carbocycles. The lowest BCUT2D eigenvalue weighted by Crippen LogP contribution is -2.43. The third kappa shape index (κ3) is 7.90. The number of ether oxygens (including phenoxy) is 1. The average Bonchev–Trinajstić information content (AvgIpc) is 3.16. The molecule has 0 aliphatic carbocycles. The number of methoxy groups -OCH3 is 1. The van der Waals surface area contributed by atoms with Crippen molar-refractivity contribution in [1.29, 1.82) is 0 Å². The summed E-state index contributed by atoms with van der Waals surface area (Å²) in [5, 5.41) is 8.96. The smallest absolute Gasteiger partial charge is 0.239 e. The Hall–Kier alpha value is -2.23. The van der Waals surface area contributed by atoms with Crippen LogP contribution < -0.4 is 20.7 Å². The summed E-state index contributed by atoms with van der Waals surface area (Å²) in [5.74, 6) is 2.03. The molecule has 2 rings (SSSR count). The Balaban J connectivity index is 0.00000364. The molecule has 148 valence electrons. The van der Waals surface area contributed by atoms with Crippen molar-refractivity contribution in [2.45, 2.75) is 19.9 Å². The first-order valence-electron chi connectivity index (χ1n) is 8.49. The molecule has 0 radical (unpaired) electrons. The fraction of sp³-hybridized carbons (Fsp3) is 0.368. The number of aryl methyl sites for hydroxylation is 1. The first-order valence-corrected chi connectivity index (χ1v) is 8.49. The Morgan fingerprint density at radius 2 is 2.04 bits per heavy atom. The summed E-state index contributed by atoms with van der Waals surface area (Å²) in [5.41, 5.74) is 2.32. The van der Waals surface area contributed by atoms with Crippen LogP contribution in [-0.2, 0) is 17.8 Å². The molecule has 8 heteroatoms. The molecule has 0 aliphatic rings. The molecule has 1 aromatic carbocycles. The first-order chi connectivity index (χ1) is 12.6. The second kappa shape index (κ2) is 12.2. The summed E-state index contributed by atoms with van der Waals surface area (Å²) >= 11 is 0. The van der Waals surface area contributed by atoms with Gasteiger partial charge in [-0.25, -0.2) is 0 Å². The molecule has 0 bridgehead atoms. The highest BCUT2D eigenvalue weighted by atomic mass is 127. The quantitative estimate of drug-likeness (QED) is 0.303. The topological polar surface area (TPSA) is 87.9 Å². The minimum Gasteiger partial charge on any atom is -0.496 e. The van der Waals surface area contributed by atoms with Crippen LogP contribution in [0.4, 0.5) is 0 Å². The number of furan rings is 1. The molecular formula is C19H27IN4O3. The van der Waals surface area contributed by atoms with Gasteiger partial charge < -0.3 is 25.1 Å². The Bertz CT molecular complexity index is 733. The van der Waals surface area contributed by atoms with E-state index in [-0.39, 0.29) is 36.4 Å². The molecule has 0 fully saturated rings. The zero-order valence-corrected chi connectivity index (χ0v) is 18.2. The highest BCUT2D eigenvalue weighted by molar-refractivity contribution is 14.0. The van der Waals surface area contributed by atoms with Crippen LogP contribution in [0.3, 0.4) is 0 Å². The van der Waals surface area contributed by atoms with Crippen molar-refractivity contribution in [3.05, 3.63) is 53.5 Å². The van der Waals surface area contributed by atoms with E-state index in [0.717, 1.165) is 17.7 Å². The van der Waals surface area contributed by atoms with Gasteiger partial charge in [-0.15, -0.1) is 24.0 Å². The van der Waals surface area contributed by atoms with Gasteiger partial charge >= 0.3 is 0 Å². The summed E-state index contributed by atoms with van der Waals surface area (Å²) in [6, 6.07) is 9.71. The Morgan fingerprint density at radius 3 is 2.70 bits per heavy atom. The first kappa shape index (κ1) is 22.8. The highest BCUT2D eigenvalue weighted by Crippen LogP contribution is 2.19. The van der Waals surface area contributed by atoms with Crippen LogP contribution in [0, 0.1) is 6.92 Å². The third-order valence-electron chi connectivity index (χ3n) is 3.80. The summed E-state index contributed by atoms with van der Waals surface area (Å²) in [6.07, 6.45) is 2.37. The highest BCUT2D eigenvalue weighted by Gasteiger charge is 2.06. The minimum absolute atomic E-state index is 0. The van der Waals surface area contributed by atoms with Crippen molar-refractivity contribution < 1.29 is 13.9 Å². The van der Waals surface area contributed by atoms with Gasteiger partial charge in [0.1, 0.15) is 11.5 Å². The summed E-state index contributed by atoms with van der Waals surface area (Å²) < 4.78 is 10.6. The van der Waals surface area contributed by atoms with Crippen molar-refractivity contribution in [3.8, 4) is 5.75 Å². The predicted octanol–water partition coefficient (Wildman–Crippen LogP) is 2.24. The van der Waals surface area contributed by atoms with Gasteiger partial charge in [-0.05, 0) is 37.1 Å². The molecule has 1 aromatic heterocycles. The van der Waals surface area contributed by atoms with Gasteiger partial charge in [-0.3, -0.25) is 9.79 Å². The van der Waals surface area contributed by atoms with E-state index in [0.29, 0.717) is 24.8 Å². The van der Waals surface area contributed by atoms with Gasteiger partial charge in [0.25, 0.3) is 0 Å². The van der Waals surface area contributed by atoms with E-state index in [1.807, 2.05) is 18.2 Å². The molecule has 1 amide bonds. The van der Waals surface area contributed by atoms with Gasteiger partial charge in [0, 0.05) is 13.6 Å². The normalized spacial score (nSPS) is 10.7. The van der Waals surface area contributed by atoms with Crippen LogP contribution in [0.1, 0.15) is 16.9 Å². The Morgan fingerprint density at radius 1 is 1.22 bits per heavy atom. The summed E-state index contributed by atoms with van der Waals surface area (Å²) in [7, 11) is 3.34. The van der Waals surface area contributed by atoms with E-state index in [2.05, 4.69) is 33.9 Å². The molecule has 0 atom stereocenters. The van der Waals surface area contributed by atoms with Crippen molar-refractivity contribution in [2.75, 3.05) is 27.2 Å². The van der Waals surface area contributed by atoms with E-state index in [1.54, 1.807) is 26.5 Å². The monoisotopic (exact) mass is 486 g/mol. The largest absolute Gasteiger partial charge is 0.496 e. The van der Waals surface area contributed by atoms with Gasteiger partial charge in [0.2, 0.25) is 5.91 Å². The van der Waals surface area contributed by atoms with Crippen LogP contribution in [0.5, 0.6) is 5.75 Å². The Labute approximate surface area is 177 Å². The minimum atomic E-state index is -0.135. The number of rotatable bonds is 8. The fourth-order valence-corrected chi connectivity index (χ4v) is 2.46. The number of hydrogen-bond donors (Lipinski definition) is 3. The van der Waals surface area contributed by atoms with Gasteiger partial charge in [-0.2, -0.15) is 0 Å². The molecule has 0 unspecified atom stereocenters. The number of benzene rings is 1. The number of carbonyl (C=O) groups excluding carboxylic acids is 1. The van der Waals surface area contributed by atoms with Crippen LogP contribution in [0.2, 0.25) is 0 Å². The van der Waals surface area contributed by atoms with Crippen molar-refractivity contribution in [3.63, 3.8) is 0 Å². The maximum atomic E-state index is 11.9. The SMILES string of the molecule is CN=C(NCCc1cc(C)ccc1OC)NCC(=O)NCc1ccco1.I. The molecule has 27 heavy (non-hydrogen) atoms. The maximum absolute atomic E-state index is 11.9. The third-order valence-corrected chi connectivity index (χ3v) is 3.80. The molecule has 7 nitrogen and oxygen atoms in total.